The standard InChI is InChI=1S/C20H28N4O4/c25-17(22-11-14-1-2-14)16-12-24-9-6-21-19(24)20(28-16)4-7-23(8-5-20)18(26)15-3-10-27-13-15/h6,9,14-16H,1-5,7-8,10-13H2,(H,22,25)/t15-,16+/m0/s1. The number of hydrogen-bond donors (Lipinski definition) is 1. The molecule has 3 fully saturated rings. The van der Waals surface area contributed by atoms with Crippen LogP contribution in [0, 0.1) is 11.8 Å². The maximum Gasteiger partial charge on any atom is 0.251 e. The minimum atomic E-state index is -0.591. The van der Waals surface area contributed by atoms with E-state index in [4.69, 9.17) is 9.47 Å². The molecule has 1 saturated carbocycles. The summed E-state index contributed by atoms with van der Waals surface area (Å²) in [5.41, 5.74) is -0.591. The van der Waals surface area contributed by atoms with Crippen LogP contribution in [0.2, 0.25) is 0 Å². The number of nitrogens with zero attached hydrogens (tertiary/aromatic N) is 3. The average molecular weight is 388 g/mol. The molecule has 1 aliphatic carbocycles. The van der Waals surface area contributed by atoms with Crippen molar-refractivity contribution in [2.45, 2.75) is 50.4 Å². The van der Waals surface area contributed by atoms with E-state index in [1.54, 1.807) is 6.20 Å². The Labute approximate surface area is 164 Å². The first-order valence-electron chi connectivity index (χ1n) is 10.5. The zero-order chi connectivity index (χ0) is 19.1. The van der Waals surface area contributed by atoms with Crippen LogP contribution in [0.1, 0.15) is 37.9 Å². The van der Waals surface area contributed by atoms with E-state index in [9.17, 15) is 9.59 Å². The van der Waals surface area contributed by atoms with Crippen molar-refractivity contribution in [1.29, 1.82) is 0 Å². The molecule has 3 aliphatic heterocycles. The molecule has 0 radical (unpaired) electrons. The molecule has 0 unspecified atom stereocenters. The fourth-order valence-corrected chi connectivity index (χ4v) is 4.63. The summed E-state index contributed by atoms with van der Waals surface area (Å²) in [6.07, 6.45) is 7.74. The van der Waals surface area contributed by atoms with E-state index in [0.29, 0.717) is 51.6 Å². The second kappa shape index (κ2) is 7.15. The van der Waals surface area contributed by atoms with Crippen molar-refractivity contribution < 1.29 is 19.1 Å². The molecule has 28 heavy (non-hydrogen) atoms. The van der Waals surface area contributed by atoms with Crippen molar-refractivity contribution in [2.75, 3.05) is 32.8 Å². The molecule has 1 aromatic heterocycles. The van der Waals surface area contributed by atoms with E-state index in [1.165, 1.54) is 12.8 Å². The zero-order valence-electron chi connectivity index (χ0n) is 16.1. The van der Waals surface area contributed by atoms with E-state index in [0.717, 1.165) is 18.8 Å². The first kappa shape index (κ1) is 18.1. The van der Waals surface area contributed by atoms with E-state index in [-0.39, 0.29) is 17.7 Å². The fourth-order valence-electron chi connectivity index (χ4n) is 4.63. The van der Waals surface area contributed by atoms with Crippen LogP contribution >= 0.6 is 0 Å². The summed E-state index contributed by atoms with van der Waals surface area (Å²) in [5.74, 6) is 1.66. The van der Waals surface area contributed by atoms with Gasteiger partial charge in [-0.2, -0.15) is 0 Å². The third-order valence-corrected chi connectivity index (χ3v) is 6.57. The number of carbonyl (C=O) groups is 2. The third kappa shape index (κ3) is 3.33. The number of hydrogen-bond acceptors (Lipinski definition) is 5. The fraction of sp³-hybridized carbons (Fsp3) is 0.750. The molecule has 2 saturated heterocycles. The van der Waals surface area contributed by atoms with Gasteiger partial charge in [0.05, 0.1) is 19.1 Å². The van der Waals surface area contributed by atoms with Crippen molar-refractivity contribution in [1.82, 2.24) is 19.8 Å². The molecule has 1 N–H and O–H groups in total. The number of piperidine rings is 1. The number of imidazole rings is 1. The molecule has 0 bridgehead atoms. The maximum absolute atomic E-state index is 12.7. The topological polar surface area (TPSA) is 85.7 Å². The van der Waals surface area contributed by atoms with Gasteiger partial charge in [-0.25, -0.2) is 4.98 Å². The van der Waals surface area contributed by atoms with Crippen molar-refractivity contribution in [2.24, 2.45) is 11.8 Å². The van der Waals surface area contributed by atoms with E-state index in [1.807, 2.05) is 15.7 Å². The molecule has 5 rings (SSSR count). The highest BCUT2D eigenvalue weighted by Crippen LogP contribution is 2.40. The lowest BCUT2D eigenvalue weighted by Crippen LogP contribution is -2.55. The average Bonchev–Trinajstić information content (AvgIpc) is 3.17. The zero-order valence-corrected chi connectivity index (χ0v) is 16.1. The molecule has 1 spiro atoms. The van der Waals surface area contributed by atoms with Crippen LogP contribution in [-0.4, -0.2) is 65.2 Å². The maximum atomic E-state index is 12.7. The Balaban J connectivity index is 1.28. The molecular formula is C20H28N4O4. The van der Waals surface area contributed by atoms with Gasteiger partial charge in [0, 0.05) is 51.5 Å². The molecule has 152 valence electrons. The van der Waals surface area contributed by atoms with Gasteiger partial charge in [-0.1, -0.05) is 0 Å². The van der Waals surface area contributed by atoms with Crippen molar-refractivity contribution in [3.05, 3.63) is 18.2 Å². The van der Waals surface area contributed by atoms with E-state index >= 15 is 0 Å². The van der Waals surface area contributed by atoms with Crippen molar-refractivity contribution in [3.8, 4) is 0 Å². The van der Waals surface area contributed by atoms with Crippen LogP contribution in [0.3, 0.4) is 0 Å². The number of ether oxygens (including phenoxy) is 2. The molecule has 8 heteroatoms. The van der Waals surface area contributed by atoms with Crippen molar-refractivity contribution >= 4 is 11.8 Å². The second-order valence-corrected chi connectivity index (χ2v) is 8.58. The number of fused-ring (bicyclic) bond motifs is 2. The summed E-state index contributed by atoms with van der Waals surface area (Å²) in [6, 6.07) is 0. The van der Waals surface area contributed by atoms with Gasteiger partial charge >= 0.3 is 0 Å². The molecule has 2 amide bonds. The largest absolute Gasteiger partial charge is 0.381 e. The molecule has 8 nitrogen and oxygen atoms in total. The Morgan fingerprint density at radius 3 is 2.79 bits per heavy atom. The van der Waals surface area contributed by atoms with Gasteiger partial charge in [-0.15, -0.1) is 0 Å². The quantitative estimate of drug-likeness (QED) is 0.819. The molecule has 2 atom stereocenters. The van der Waals surface area contributed by atoms with Crippen molar-refractivity contribution in [3.63, 3.8) is 0 Å². The first-order chi connectivity index (χ1) is 13.6. The molecule has 4 heterocycles. The predicted octanol–water partition coefficient (Wildman–Crippen LogP) is 0.662. The van der Waals surface area contributed by atoms with Gasteiger partial charge in [0.1, 0.15) is 11.4 Å². The predicted molar refractivity (Wildman–Crippen MR) is 99.3 cm³/mol. The molecule has 1 aromatic rings. The lowest BCUT2D eigenvalue weighted by Gasteiger charge is -2.45. The van der Waals surface area contributed by atoms with Gasteiger partial charge in [-0.3, -0.25) is 9.59 Å². The Morgan fingerprint density at radius 2 is 2.07 bits per heavy atom. The Kier molecular flexibility index (Phi) is 4.63. The van der Waals surface area contributed by atoms with Crippen LogP contribution in [0.5, 0.6) is 0 Å². The van der Waals surface area contributed by atoms with Gasteiger partial charge in [0.2, 0.25) is 5.91 Å². The van der Waals surface area contributed by atoms with Crippen LogP contribution in [0.15, 0.2) is 12.4 Å². The Bertz CT molecular complexity index is 745. The summed E-state index contributed by atoms with van der Waals surface area (Å²) >= 11 is 0. The molecular weight excluding hydrogens is 360 g/mol. The summed E-state index contributed by atoms with van der Waals surface area (Å²) in [7, 11) is 0. The number of rotatable bonds is 4. The SMILES string of the molecule is O=C(NCC1CC1)[C@H]1Cn2ccnc2C2(CCN(C(=O)[C@H]3CCOC3)CC2)O1. The summed E-state index contributed by atoms with van der Waals surface area (Å²) in [6.45, 7) is 3.69. The van der Waals surface area contributed by atoms with Gasteiger partial charge < -0.3 is 24.3 Å². The first-order valence-corrected chi connectivity index (χ1v) is 10.5. The highest BCUT2D eigenvalue weighted by atomic mass is 16.5. The highest BCUT2D eigenvalue weighted by molar-refractivity contribution is 5.81. The van der Waals surface area contributed by atoms with Gasteiger partial charge in [-0.05, 0) is 25.2 Å². The van der Waals surface area contributed by atoms with Crippen LogP contribution in [0.25, 0.3) is 0 Å². The Hall–Kier alpha value is -1.93. The molecule has 4 aliphatic rings. The van der Waals surface area contributed by atoms with Crippen LogP contribution in [-0.2, 0) is 31.2 Å². The normalized spacial score (nSPS) is 28.9. The number of carbonyl (C=O) groups excluding carboxylic acids is 2. The van der Waals surface area contributed by atoms with Crippen LogP contribution < -0.4 is 5.32 Å². The lowest BCUT2D eigenvalue weighted by molar-refractivity contribution is -0.176. The number of amides is 2. The second-order valence-electron chi connectivity index (χ2n) is 8.58. The monoisotopic (exact) mass is 388 g/mol. The van der Waals surface area contributed by atoms with E-state index < -0.39 is 11.7 Å². The number of likely N-dealkylation sites (tertiary alicyclic amines) is 1. The van der Waals surface area contributed by atoms with E-state index in [2.05, 4.69) is 10.3 Å². The number of nitrogens with one attached hydrogen (secondary N) is 1. The summed E-state index contributed by atoms with van der Waals surface area (Å²) in [5, 5.41) is 3.05. The molecule has 0 aromatic carbocycles. The Morgan fingerprint density at radius 1 is 1.25 bits per heavy atom. The smallest absolute Gasteiger partial charge is 0.251 e. The number of aromatic nitrogens is 2. The minimum absolute atomic E-state index is 0.00994. The van der Waals surface area contributed by atoms with Gasteiger partial charge in [0.15, 0.2) is 6.10 Å². The lowest BCUT2D eigenvalue weighted by atomic mass is 9.87. The highest BCUT2D eigenvalue weighted by Gasteiger charge is 2.48. The van der Waals surface area contributed by atoms with Crippen LogP contribution in [0.4, 0.5) is 0 Å². The summed E-state index contributed by atoms with van der Waals surface area (Å²) in [4.78, 5) is 31.9. The minimum Gasteiger partial charge on any atom is -0.381 e. The third-order valence-electron chi connectivity index (χ3n) is 6.57. The van der Waals surface area contributed by atoms with Gasteiger partial charge in [0.25, 0.3) is 5.91 Å². The summed E-state index contributed by atoms with van der Waals surface area (Å²) < 4.78 is 13.8.